The second-order valence-corrected chi connectivity index (χ2v) is 8.36. The maximum absolute atomic E-state index is 13.1. The van der Waals surface area contributed by atoms with Gasteiger partial charge in [0, 0.05) is 18.3 Å². The Morgan fingerprint density at radius 2 is 1.81 bits per heavy atom. The molecule has 1 aromatic carbocycles. The third-order valence-corrected chi connectivity index (χ3v) is 6.23. The Morgan fingerprint density at radius 3 is 2.44 bits per heavy atom. The number of likely N-dealkylation sites (N-methyl/N-ethyl adjacent to an activating group) is 1. The summed E-state index contributed by atoms with van der Waals surface area (Å²) in [5.41, 5.74) is 2.20. The number of hydrogen-bond donors (Lipinski definition) is 1. The van der Waals surface area contributed by atoms with E-state index in [1.54, 1.807) is 29.4 Å². The van der Waals surface area contributed by atoms with Gasteiger partial charge in [0.1, 0.15) is 6.04 Å². The first kappa shape index (κ1) is 19.3. The van der Waals surface area contributed by atoms with Gasteiger partial charge in [-0.05, 0) is 40.9 Å². The minimum absolute atomic E-state index is 0.0865. The Labute approximate surface area is 167 Å². The molecule has 0 bridgehead atoms. The highest BCUT2D eigenvalue weighted by molar-refractivity contribution is 7.12. The number of rotatable bonds is 7. The van der Waals surface area contributed by atoms with Gasteiger partial charge in [0.15, 0.2) is 0 Å². The molecule has 0 saturated carbocycles. The van der Waals surface area contributed by atoms with Crippen molar-refractivity contribution in [3.63, 3.8) is 0 Å². The highest BCUT2D eigenvalue weighted by Gasteiger charge is 2.25. The lowest BCUT2D eigenvalue weighted by atomic mass is 10.0. The van der Waals surface area contributed by atoms with Gasteiger partial charge in [-0.25, -0.2) is 0 Å². The van der Waals surface area contributed by atoms with Crippen LogP contribution in [0.25, 0.3) is 0 Å². The number of carbonyl (C=O) groups excluding carboxylic acids is 2. The summed E-state index contributed by atoms with van der Waals surface area (Å²) in [6.07, 6.45) is 0.463. The van der Waals surface area contributed by atoms with Crippen molar-refractivity contribution in [2.45, 2.75) is 25.9 Å². The van der Waals surface area contributed by atoms with Gasteiger partial charge in [0.2, 0.25) is 5.91 Å². The third-order valence-electron chi connectivity index (χ3n) is 4.36. The summed E-state index contributed by atoms with van der Waals surface area (Å²) in [5, 5.41) is 6.81. The van der Waals surface area contributed by atoms with Crippen molar-refractivity contribution in [3.05, 3.63) is 80.2 Å². The van der Waals surface area contributed by atoms with Gasteiger partial charge in [0.25, 0.3) is 5.91 Å². The molecule has 3 rings (SSSR count). The molecule has 0 spiro atoms. The van der Waals surface area contributed by atoms with E-state index >= 15 is 0 Å². The first-order chi connectivity index (χ1) is 13.0. The summed E-state index contributed by atoms with van der Waals surface area (Å²) in [5.74, 6) is -0.295. The molecule has 0 fully saturated rings. The minimum atomic E-state index is -0.604. The summed E-state index contributed by atoms with van der Waals surface area (Å²) >= 11 is 3.01. The fourth-order valence-corrected chi connectivity index (χ4v) is 4.40. The van der Waals surface area contributed by atoms with E-state index in [0.717, 1.165) is 10.4 Å². The van der Waals surface area contributed by atoms with Crippen LogP contribution < -0.4 is 5.32 Å². The van der Waals surface area contributed by atoms with Gasteiger partial charge < -0.3 is 10.2 Å². The molecule has 3 aromatic rings. The summed E-state index contributed by atoms with van der Waals surface area (Å²) in [7, 11) is 1.79. The fourth-order valence-electron chi connectivity index (χ4n) is 2.81. The van der Waals surface area contributed by atoms with Gasteiger partial charge >= 0.3 is 0 Å². The lowest BCUT2D eigenvalue weighted by Crippen LogP contribution is -2.48. The molecule has 2 heterocycles. The maximum Gasteiger partial charge on any atom is 0.262 e. The Balaban J connectivity index is 1.76. The van der Waals surface area contributed by atoms with E-state index in [1.165, 1.54) is 16.9 Å². The van der Waals surface area contributed by atoms with Crippen LogP contribution in [0, 0.1) is 6.92 Å². The Hall–Kier alpha value is -2.44. The van der Waals surface area contributed by atoms with Crippen molar-refractivity contribution in [1.82, 2.24) is 10.2 Å². The molecule has 0 aliphatic carbocycles. The predicted octanol–water partition coefficient (Wildman–Crippen LogP) is 4.12. The molecule has 1 N–H and O–H groups in total. The van der Waals surface area contributed by atoms with Crippen molar-refractivity contribution in [2.75, 3.05) is 7.05 Å². The van der Waals surface area contributed by atoms with E-state index in [9.17, 15) is 9.59 Å². The zero-order valence-corrected chi connectivity index (χ0v) is 17.0. The molecule has 1 unspecified atom stereocenters. The number of thiophene rings is 2. The topological polar surface area (TPSA) is 49.4 Å². The maximum atomic E-state index is 13.1. The average Bonchev–Trinajstić information content (AvgIpc) is 3.34. The molecule has 140 valence electrons. The van der Waals surface area contributed by atoms with Crippen LogP contribution in [-0.2, 0) is 17.8 Å². The van der Waals surface area contributed by atoms with Crippen molar-refractivity contribution in [2.24, 2.45) is 0 Å². The number of nitrogens with one attached hydrogen (secondary N) is 1. The lowest BCUT2D eigenvalue weighted by Gasteiger charge is -2.24. The lowest BCUT2D eigenvalue weighted by molar-refractivity contribution is -0.132. The summed E-state index contributed by atoms with van der Waals surface area (Å²) in [6.45, 7) is 2.59. The molecule has 2 amide bonds. The number of aryl methyl sites for hydroxylation is 1. The van der Waals surface area contributed by atoms with Crippen LogP contribution in [0.5, 0.6) is 0 Å². The fraction of sp³-hybridized carbons (Fsp3) is 0.238. The van der Waals surface area contributed by atoms with Crippen LogP contribution >= 0.6 is 22.7 Å². The van der Waals surface area contributed by atoms with Gasteiger partial charge in [-0.1, -0.05) is 36.4 Å². The summed E-state index contributed by atoms with van der Waals surface area (Å²) < 4.78 is 0. The standard InChI is InChI=1S/C21H22N2O2S2/c1-15-10-12-27-19(15)14-23(2)21(25)17(13-16-7-4-3-5-8-16)22-20(24)18-9-6-11-26-18/h3-12,17H,13-14H2,1-2H3,(H,22,24). The van der Waals surface area contributed by atoms with Crippen LogP contribution in [0.3, 0.4) is 0 Å². The molecule has 6 heteroatoms. The van der Waals surface area contributed by atoms with Gasteiger partial charge in [-0.15, -0.1) is 22.7 Å². The Kier molecular flexibility index (Phi) is 6.42. The van der Waals surface area contributed by atoms with Crippen molar-refractivity contribution >= 4 is 34.5 Å². The second kappa shape index (κ2) is 8.97. The quantitative estimate of drug-likeness (QED) is 0.651. The monoisotopic (exact) mass is 398 g/mol. The SMILES string of the molecule is Cc1ccsc1CN(C)C(=O)C(Cc1ccccc1)NC(=O)c1cccs1. The minimum Gasteiger partial charge on any atom is -0.339 e. The van der Waals surface area contributed by atoms with E-state index in [1.807, 2.05) is 54.1 Å². The largest absolute Gasteiger partial charge is 0.339 e. The van der Waals surface area contributed by atoms with Crippen molar-refractivity contribution in [1.29, 1.82) is 0 Å². The molecular formula is C21H22N2O2S2. The van der Waals surface area contributed by atoms with E-state index < -0.39 is 6.04 Å². The molecule has 0 aliphatic rings. The molecule has 0 saturated heterocycles. The van der Waals surface area contributed by atoms with E-state index in [4.69, 9.17) is 0 Å². The van der Waals surface area contributed by atoms with Crippen LogP contribution in [-0.4, -0.2) is 29.8 Å². The highest BCUT2D eigenvalue weighted by Crippen LogP contribution is 2.18. The molecular weight excluding hydrogens is 376 g/mol. The summed E-state index contributed by atoms with van der Waals surface area (Å²) in [4.78, 5) is 29.1. The van der Waals surface area contributed by atoms with E-state index in [2.05, 4.69) is 11.4 Å². The first-order valence-electron chi connectivity index (χ1n) is 8.71. The number of hydrogen-bond acceptors (Lipinski definition) is 4. The normalized spacial score (nSPS) is 11.8. The molecule has 0 radical (unpaired) electrons. The first-order valence-corrected chi connectivity index (χ1v) is 10.5. The van der Waals surface area contributed by atoms with Crippen LogP contribution in [0.2, 0.25) is 0 Å². The predicted molar refractivity (Wildman–Crippen MR) is 111 cm³/mol. The Bertz CT molecular complexity index is 888. The van der Waals surface area contributed by atoms with Crippen LogP contribution in [0.4, 0.5) is 0 Å². The second-order valence-electron chi connectivity index (χ2n) is 6.41. The van der Waals surface area contributed by atoms with Crippen LogP contribution in [0.1, 0.15) is 25.7 Å². The zero-order valence-electron chi connectivity index (χ0n) is 15.3. The van der Waals surface area contributed by atoms with Crippen molar-refractivity contribution in [3.8, 4) is 0 Å². The van der Waals surface area contributed by atoms with E-state index in [0.29, 0.717) is 17.8 Å². The number of carbonyl (C=O) groups is 2. The van der Waals surface area contributed by atoms with Gasteiger partial charge in [-0.3, -0.25) is 9.59 Å². The molecule has 0 aliphatic heterocycles. The van der Waals surface area contributed by atoms with Crippen molar-refractivity contribution < 1.29 is 9.59 Å². The molecule has 1 atom stereocenters. The highest BCUT2D eigenvalue weighted by atomic mass is 32.1. The van der Waals surface area contributed by atoms with Crippen LogP contribution in [0.15, 0.2) is 59.3 Å². The average molecular weight is 399 g/mol. The molecule has 27 heavy (non-hydrogen) atoms. The smallest absolute Gasteiger partial charge is 0.262 e. The molecule has 2 aromatic heterocycles. The number of benzene rings is 1. The third kappa shape index (κ3) is 5.05. The zero-order chi connectivity index (χ0) is 19.2. The summed E-state index contributed by atoms with van der Waals surface area (Å²) in [6, 6.07) is 14.8. The van der Waals surface area contributed by atoms with Gasteiger partial charge in [-0.2, -0.15) is 0 Å². The Morgan fingerprint density at radius 1 is 1.04 bits per heavy atom. The van der Waals surface area contributed by atoms with E-state index in [-0.39, 0.29) is 11.8 Å². The number of amides is 2. The number of nitrogens with zero attached hydrogens (tertiary/aromatic N) is 1. The van der Waals surface area contributed by atoms with Gasteiger partial charge in [0.05, 0.1) is 11.4 Å². The molecule has 4 nitrogen and oxygen atoms in total.